The lowest BCUT2D eigenvalue weighted by Gasteiger charge is -2.17. The number of hydrogen-bond donors (Lipinski definition) is 2. The second-order valence-corrected chi connectivity index (χ2v) is 10.6. The molecule has 224 valence electrons. The maximum Gasteiger partial charge on any atom is 0.361 e. The van der Waals surface area contributed by atoms with Gasteiger partial charge in [-0.3, -0.25) is 0 Å². The Morgan fingerprint density at radius 3 is 1.42 bits per heavy atom. The highest BCUT2D eigenvalue weighted by atomic mass is 16.5. The predicted octanol–water partition coefficient (Wildman–Crippen LogP) is 2.79. The lowest BCUT2D eigenvalue weighted by molar-refractivity contribution is 0.134. The minimum Gasteiger partial charge on any atom is -0.489 e. The van der Waals surface area contributed by atoms with Gasteiger partial charge in [0.25, 0.3) is 0 Å². The van der Waals surface area contributed by atoms with Crippen LogP contribution < -0.4 is 37.2 Å². The van der Waals surface area contributed by atoms with Gasteiger partial charge in [0.1, 0.15) is 12.4 Å². The molecule has 4 rings (SSSR count). The topological polar surface area (TPSA) is 61.0 Å². The van der Waals surface area contributed by atoms with Crippen molar-refractivity contribution in [2.75, 3.05) is 47.0 Å². The Morgan fingerprint density at radius 2 is 0.977 bits per heavy atom. The molecule has 0 radical (unpaired) electrons. The highest BCUT2D eigenvalue weighted by molar-refractivity contribution is 6.80. The van der Waals surface area contributed by atoms with Crippen LogP contribution in [0.2, 0.25) is 0 Å². The minimum atomic E-state index is -0.159. The first-order valence-corrected chi connectivity index (χ1v) is 15.2. The summed E-state index contributed by atoms with van der Waals surface area (Å²) in [4.78, 5) is 0. The number of ether oxygens (including phenoxy) is 2. The normalized spacial score (nSPS) is 11.0. The standard InChI is InChI=1S/C35H44B2N2O4/c1-5-40-26-29-8-14-32(15-9-29)37(43-25-23-39-4)34-18-20-35(21-19-34)41-27-30-10-16-33(17-11-30)36(42-24-22-38-3)31-12-6-28(2)7-13-31/h6-21,38-39H,5,22-27H2,1-4H3. The molecule has 0 aliphatic carbocycles. The van der Waals surface area contributed by atoms with Crippen molar-refractivity contribution in [3.05, 3.63) is 114 Å². The summed E-state index contributed by atoms with van der Waals surface area (Å²) >= 11 is 0. The Balaban J connectivity index is 1.40. The van der Waals surface area contributed by atoms with Gasteiger partial charge in [-0.25, -0.2) is 0 Å². The van der Waals surface area contributed by atoms with Crippen molar-refractivity contribution in [2.24, 2.45) is 0 Å². The van der Waals surface area contributed by atoms with E-state index in [-0.39, 0.29) is 13.8 Å². The van der Waals surface area contributed by atoms with Crippen LogP contribution in [0.5, 0.6) is 5.75 Å². The minimum absolute atomic E-state index is 0.111. The number of aryl methyl sites for hydroxylation is 1. The Bertz CT molecular complexity index is 1330. The highest BCUT2D eigenvalue weighted by Gasteiger charge is 2.22. The number of likely N-dealkylation sites (N-methyl/N-ethyl adjacent to an activating group) is 2. The van der Waals surface area contributed by atoms with Crippen molar-refractivity contribution in [3.63, 3.8) is 0 Å². The number of rotatable bonds is 18. The van der Waals surface area contributed by atoms with Gasteiger partial charge in [0.2, 0.25) is 0 Å². The van der Waals surface area contributed by atoms with Crippen molar-refractivity contribution in [3.8, 4) is 5.75 Å². The van der Waals surface area contributed by atoms with E-state index in [1.54, 1.807) is 0 Å². The van der Waals surface area contributed by atoms with E-state index in [2.05, 4.69) is 102 Å². The van der Waals surface area contributed by atoms with Crippen molar-refractivity contribution >= 4 is 35.7 Å². The first-order valence-electron chi connectivity index (χ1n) is 15.2. The molecular weight excluding hydrogens is 534 g/mol. The second kappa shape index (κ2) is 17.7. The van der Waals surface area contributed by atoms with Gasteiger partial charge in [-0.05, 0) is 73.1 Å². The molecule has 0 fully saturated rings. The molecule has 4 aromatic carbocycles. The zero-order chi connectivity index (χ0) is 30.3. The first kappa shape index (κ1) is 32.5. The lowest BCUT2D eigenvalue weighted by atomic mass is 9.55. The van der Waals surface area contributed by atoms with Crippen molar-refractivity contribution < 1.29 is 18.8 Å². The van der Waals surface area contributed by atoms with E-state index in [1.807, 2.05) is 33.2 Å². The molecule has 0 aromatic heterocycles. The first-order chi connectivity index (χ1) is 21.1. The number of benzene rings is 4. The van der Waals surface area contributed by atoms with E-state index in [4.69, 9.17) is 18.8 Å². The van der Waals surface area contributed by atoms with E-state index in [1.165, 1.54) is 5.56 Å². The third-order valence-electron chi connectivity index (χ3n) is 7.28. The summed E-state index contributed by atoms with van der Waals surface area (Å²) < 4.78 is 24.3. The zero-order valence-electron chi connectivity index (χ0n) is 26.0. The van der Waals surface area contributed by atoms with Gasteiger partial charge in [0.05, 0.1) is 6.61 Å². The van der Waals surface area contributed by atoms with E-state index in [9.17, 15) is 0 Å². The second-order valence-electron chi connectivity index (χ2n) is 10.6. The maximum atomic E-state index is 6.30. The van der Waals surface area contributed by atoms with E-state index >= 15 is 0 Å². The van der Waals surface area contributed by atoms with Crippen LogP contribution in [0.4, 0.5) is 0 Å². The molecule has 0 atom stereocenters. The summed E-state index contributed by atoms with van der Waals surface area (Å²) in [6.45, 7) is 8.49. The van der Waals surface area contributed by atoms with Gasteiger partial charge in [-0.2, -0.15) is 0 Å². The van der Waals surface area contributed by atoms with E-state index in [0.717, 1.165) is 51.8 Å². The molecule has 2 N–H and O–H groups in total. The molecule has 0 bridgehead atoms. The summed E-state index contributed by atoms with van der Waals surface area (Å²) in [6, 6.07) is 33.8. The van der Waals surface area contributed by atoms with Crippen LogP contribution in [0, 0.1) is 6.92 Å². The van der Waals surface area contributed by atoms with Crippen LogP contribution in [0.1, 0.15) is 23.6 Å². The Kier molecular flexibility index (Phi) is 13.4. The molecule has 0 aliphatic heterocycles. The van der Waals surface area contributed by atoms with Gasteiger partial charge >= 0.3 is 13.8 Å². The Morgan fingerprint density at radius 1 is 0.558 bits per heavy atom. The SMILES string of the molecule is CCOCc1ccc(B(OCCNC)c2ccc(OCc3ccc(B(OCCNC)c4ccc(C)cc4)cc3)cc2)cc1. The Hall–Kier alpha value is -3.39. The molecule has 0 unspecified atom stereocenters. The fourth-order valence-corrected chi connectivity index (χ4v) is 4.77. The number of nitrogens with one attached hydrogen (secondary N) is 2. The van der Waals surface area contributed by atoms with Gasteiger partial charge in [0, 0.05) is 32.9 Å². The van der Waals surface area contributed by atoms with Gasteiger partial charge in [-0.1, -0.05) is 90.5 Å². The van der Waals surface area contributed by atoms with Crippen LogP contribution in [-0.4, -0.2) is 60.8 Å². The van der Waals surface area contributed by atoms with Gasteiger partial charge < -0.3 is 29.4 Å². The molecule has 0 amide bonds. The fraction of sp³-hybridized carbons (Fsp3) is 0.314. The summed E-state index contributed by atoms with van der Waals surface area (Å²) in [6.07, 6.45) is 0. The zero-order valence-corrected chi connectivity index (χ0v) is 26.0. The molecule has 0 saturated carbocycles. The fourth-order valence-electron chi connectivity index (χ4n) is 4.77. The molecule has 0 spiro atoms. The quantitative estimate of drug-likeness (QED) is 0.140. The molecule has 4 aromatic rings. The average Bonchev–Trinajstić information content (AvgIpc) is 3.05. The highest BCUT2D eigenvalue weighted by Crippen LogP contribution is 2.12. The van der Waals surface area contributed by atoms with Crippen LogP contribution in [0.3, 0.4) is 0 Å². The molecule has 0 heterocycles. The molecule has 43 heavy (non-hydrogen) atoms. The average molecular weight is 578 g/mol. The summed E-state index contributed by atoms with van der Waals surface area (Å²) in [5, 5.41) is 6.32. The molecule has 6 nitrogen and oxygen atoms in total. The maximum absolute atomic E-state index is 6.30. The summed E-state index contributed by atoms with van der Waals surface area (Å²) in [7, 11) is 3.87. The number of hydrogen-bond acceptors (Lipinski definition) is 6. The lowest BCUT2D eigenvalue weighted by Crippen LogP contribution is -2.46. The van der Waals surface area contributed by atoms with Crippen LogP contribution in [-0.2, 0) is 27.3 Å². The van der Waals surface area contributed by atoms with Crippen LogP contribution in [0.15, 0.2) is 97.1 Å². The molecule has 0 saturated heterocycles. The van der Waals surface area contributed by atoms with E-state index in [0.29, 0.717) is 33.0 Å². The van der Waals surface area contributed by atoms with Crippen LogP contribution in [0.25, 0.3) is 0 Å². The predicted molar refractivity (Wildman–Crippen MR) is 180 cm³/mol. The summed E-state index contributed by atoms with van der Waals surface area (Å²) in [5.74, 6) is 0.821. The third-order valence-corrected chi connectivity index (χ3v) is 7.28. The van der Waals surface area contributed by atoms with Crippen molar-refractivity contribution in [1.82, 2.24) is 10.6 Å². The molecular formula is C35H44B2N2O4. The van der Waals surface area contributed by atoms with Crippen molar-refractivity contribution in [1.29, 1.82) is 0 Å². The Labute approximate surface area is 258 Å². The smallest absolute Gasteiger partial charge is 0.361 e. The molecule has 8 heteroatoms. The van der Waals surface area contributed by atoms with Gasteiger partial charge in [0.15, 0.2) is 0 Å². The van der Waals surface area contributed by atoms with Gasteiger partial charge in [-0.15, -0.1) is 0 Å². The summed E-state index contributed by atoms with van der Waals surface area (Å²) in [5.41, 5.74) is 7.98. The van der Waals surface area contributed by atoms with Crippen molar-refractivity contribution in [2.45, 2.75) is 27.1 Å². The largest absolute Gasteiger partial charge is 0.489 e. The van der Waals surface area contributed by atoms with Crippen LogP contribution >= 0.6 is 0 Å². The van der Waals surface area contributed by atoms with E-state index < -0.39 is 0 Å². The molecule has 0 aliphatic rings. The monoisotopic (exact) mass is 578 g/mol. The third kappa shape index (κ3) is 10.1.